The summed E-state index contributed by atoms with van der Waals surface area (Å²) in [5.74, 6) is 17.1. The van der Waals surface area contributed by atoms with E-state index in [0.29, 0.717) is 0 Å². The maximum Gasteiger partial charge on any atom is 0.0468 e. The second kappa shape index (κ2) is 55.4. The van der Waals surface area contributed by atoms with Crippen LogP contribution in [0.25, 0.3) is 0 Å². The first-order valence-electron chi connectivity index (χ1n) is 36.5. The molecule has 3 atom stereocenters. The number of likely N-dealkylation sites (tertiary alicyclic amines) is 3. The lowest BCUT2D eigenvalue weighted by molar-refractivity contribution is 0.0523. The number of nitrogens with zero attached hydrogens (tertiary/aromatic N) is 3. The maximum atomic E-state index is 5.25. The van der Waals surface area contributed by atoms with Gasteiger partial charge < -0.3 is 30.1 Å². The third-order valence-electron chi connectivity index (χ3n) is 21.8. The molecule has 9 rings (SSSR count). The normalized spacial score (nSPS) is 24.1. The van der Waals surface area contributed by atoms with E-state index in [1.807, 2.05) is 0 Å². The summed E-state index contributed by atoms with van der Waals surface area (Å²) in [5.41, 5.74) is 0. The molecule has 6 heteroatoms. The highest BCUT2D eigenvalue weighted by molar-refractivity contribution is 4.77. The van der Waals surface area contributed by atoms with E-state index >= 15 is 0 Å². The summed E-state index contributed by atoms with van der Waals surface area (Å²) in [5, 5.41) is 6.79. The van der Waals surface area contributed by atoms with Crippen molar-refractivity contribution in [1.82, 2.24) is 25.3 Å². The topological polar surface area (TPSA) is 43.0 Å². The molecular formula is C79H171N5O. The van der Waals surface area contributed by atoms with Crippen molar-refractivity contribution in [1.29, 1.82) is 0 Å². The van der Waals surface area contributed by atoms with Crippen molar-refractivity contribution in [3.8, 4) is 0 Å². The van der Waals surface area contributed by atoms with Gasteiger partial charge >= 0.3 is 0 Å². The predicted molar refractivity (Wildman–Crippen MR) is 392 cm³/mol. The van der Waals surface area contributed by atoms with Crippen molar-refractivity contribution >= 4 is 0 Å². The van der Waals surface area contributed by atoms with E-state index in [-0.39, 0.29) is 29.7 Å². The summed E-state index contributed by atoms with van der Waals surface area (Å²) in [6, 6.07) is 0. The van der Waals surface area contributed by atoms with Crippen LogP contribution in [0.2, 0.25) is 0 Å². The largest absolute Gasteiger partial charge is 0.381 e. The first-order chi connectivity index (χ1) is 38.4. The zero-order chi connectivity index (χ0) is 60.7. The summed E-state index contributed by atoms with van der Waals surface area (Å²) < 4.78 is 5.25. The van der Waals surface area contributed by atoms with E-state index in [1.54, 1.807) is 0 Å². The van der Waals surface area contributed by atoms with Gasteiger partial charge in [0.2, 0.25) is 0 Å². The molecule has 0 spiro atoms. The van der Waals surface area contributed by atoms with E-state index < -0.39 is 0 Å². The van der Waals surface area contributed by atoms with Gasteiger partial charge in [-0.1, -0.05) is 238 Å². The molecule has 6 saturated heterocycles. The van der Waals surface area contributed by atoms with Gasteiger partial charge in [0.25, 0.3) is 0 Å². The Morgan fingerprint density at radius 2 is 0.541 bits per heavy atom. The van der Waals surface area contributed by atoms with Crippen LogP contribution in [-0.4, -0.2) is 115 Å². The first kappa shape index (κ1) is 91.2. The third-order valence-corrected chi connectivity index (χ3v) is 21.8. The van der Waals surface area contributed by atoms with E-state index in [0.717, 1.165) is 120 Å². The summed E-state index contributed by atoms with van der Waals surface area (Å²) >= 11 is 0. The second-order valence-corrected chi connectivity index (χ2v) is 31.4. The minimum Gasteiger partial charge on any atom is -0.381 e. The average molecular weight is 1210 g/mol. The Labute approximate surface area is 542 Å². The van der Waals surface area contributed by atoms with Gasteiger partial charge in [-0.3, -0.25) is 0 Å². The van der Waals surface area contributed by atoms with Crippen LogP contribution in [0.5, 0.6) is 0 Å². The first-order valence-corrected chi connectivity index (χ1v) is 36.5. The van der Waals surface area contributed by atoms with Gasteiger partial charge in [0.15, 0.2) is 0 Å². The van der Waals surface area contributed by atoms with Crippen molar-refractivity contribution in [3.05, 3.63) is 0 Å². The molecule has 9 fully saturated rings. The van der Waals surface area contributed by atoms with Crippen LogP contribution < -0.4 is 10.6 Å². The number of nitrogens with one attached hydrogen (secondary N) is 2. The van der Waals surface area contributed by atoms with Crippen molar-refractivity contribution in [2.45, 2.75) is 308 Å². The van der Waals surface area contributed by atoms with Crippen molar-refractivity contribution in [3.63, 3.8) is 0 Å². The molecule has 0 bridgehead atoms. The van der Waals surface area contributed by atoms with Crippen molar-refractivity contribution < 1.29 is 4.74 Å². The molecule has 85 heavy (non-hydrogen) atoms. The Morgan fingerprint density at radius 3 is 0.812 bits per heavy atom. The molecule has 3 saturated carbocycles. The van der Waals surface area contributed by atoms with Crippen LogP contribution in [0.1, 0.15) is 308 Å². The fourth-order valence-corrected chi connectivity index (χ4v) is 14.3. The highest BCUT2D eigenvalue weighted by Gasteiger charge is 2.24. The van der Waals surface area contributed by atoms with Crippen LogP contribution in [0.3, 0.4) is 0 Å². The maximum absolute atomic E-state index is 5.25. The van der Waals surface area contributed by atoms with Crippen LogP contribution in [0.4, 0.5) is 0 Å². The van der Waals surface area contributed by atoms with Gasteiger partial charge in [-0.25, -0.2) is 0 Å². The smallest absolute Gasteiger partial charge is 0.0468 e. The van der Waals surface area contributed by atoms with Gasteiger partial charge in [0.1, 0.15) is 0 Å². The minimum absolute atomic E-state index is 0. The van der Waals surface area contributed by atoms with Gasteiger partial charge in [-0.05, 0) is 251 Å². The lowest BCUT2D eigenvalue weighted by atomic mass is 9.82. The fraction of sp³-hybridized carbons (Fsp3) is 1.00. The number of rotatable bonds is 9. The molecule has 6 aliphatic heterocycles. The van der Waals surface area contributed by atoms with E-state index in [1.165, 1.54) is 220 Å². The molecule has 0 aromatic heterocycles. The number of hydrogen-bond acceptors (Lipinski definition) is 6. The molecule has 6 heterocycles. The summed E-state index contributed by atoms with van der Waals surface area (Å²) in [4.78, 5) is 7.30. The Balaban J connectivity index is -0.000000432. The third kappa shape index (κ3) is 45.6. The molecule has 3 aliphatic carbocycles. The summed E-state index contributed by atoms with van der Waals surface area (Å²) in [7, 11) is 6.66. The molecule has 2 N–H and O–H groups in total. The monoisotopic (exact) mass is 1210 g/mol. The van der Waals surface area contributed by atoms with Crippen LogP contribution in [-0.2, 0) is 4.74 Å². The molecule has 0 aromatic rings. The molecule has 9 aliphatic rings. The lowest BCUT2D eigenvalue weighted by Gasteiger charge is -2.31. The van der Waals surface area contributed by atoms with E-state index in [4.69, 9.17) is 4.74 Å². The summed E-state index contributed by atoms with van der Waals surface area (Å²) in [6.07, 6.45) is 34.6. The SMILES string of the molecule is C.C.C.C.CC(C)C1CCCC1.CC(C)C1CCCC1.CC(C)C1CCCCC1.CC(C)C1CCCN(C)C1.CC(C)C1CCCNC1.CC(C)C1CCN(C)C1.CC(C)C1CCN(C)CC1.CC(C)C1CCNCC1.CC(C)C1CCOCC1. The van der Waals surface area contributed by atoms with Gasteiger partial charge in [-0.2, -0.15) is 0 Å². The molecule has 6 nitrogen and oxygen atoms in total. The second-order valence-electron chi connectivity index (χ2n) is 31.4. The zero-order valence-electron chi connectivity index (χ0n) is 59.6. The van der Waals surface area contributed by atoms with Crippen LogP contribution >= 0.6 is 0 Å². The van der Waals surface area contributed by atoms with Crippen LogP contribution in [0.15, 0.2) is 0 Å². The Hall–Kier alpha value is -0.240. The van der Waals surface area contributed by atoms with Gasteiger partial charge in [-0.15, -0.1) is 0 Å². The van der Waals surface area contributed by atoms with Crippen molar-refractivity contribution in [2.75, 3.05) is 99.8 Å². The van der Waals surface area contributed by atoms with E-state index in [2.05, 4.69) is 171 Å². The quantitative estimate of drug-likeness (QED) is 0.240. The Bertz CT molecular complexity index is 1210. The molecule has 0 amide bonds. The number of ether oxygens (including phenoxy) is 1. The molecular weight excluding hydrogens is 1030 g/mol. The molecule has 0 radical (unpaired) electrons. The minimum atomic E-state index is 0. The van der Waals surface area contributed by atoms with Gasteiger partial charge in [0, 0.05) is 26.3 Å². The van der Waals surface area contributed by atoms with Crippen LogP contribution in [0, 0.1) is 107 Å². The van der Waals surface area contributed by atoms with Gasteiger partial charge in [0.05, 0.1) is 0 Å². The molecule has 518 valence electrons. The molecule has 0 aromatic carbocycles. The highest BCUT2D eigenvalue weighted by Crippen LogP contribution is 2.33. The fourth-order valence-electron chi connectivity index (χ4n) is 14.3. The highest BCUT2D eigenvalue weighted by atomic mass is 16.5. The lowest BCUT2D eigenvalue weighted by Crippen LogP contribution is -2.34. The molecule has 3 unspecified atom stereocenters. The average Bonchev–Trinajstić information content (AvgIpc) is 4.30. The number of hydrogen-bond donors (Lipinski definition) is 2. The van der Waals surface area contributed by atoms with Crippen molar-refractivity contribution in [2.24, 2.45) is 107 Å². The zero-order valence-corrected chi connectivity index (χ0v) is 59.6. The standard InChI is InChI=1S/2C9H19N.C9H18.3C8H17N.C8H16O.2C8H16.4CH4/c1-8(2)9-4-6-10(3)7-5-9;1-8(2)9-5-4-6-10(3)7-9;1-8(2)9-6-4-3-5-7-9;1-7(2)8-4-5-9(3)6-8;1-7(2)8-3-5-9-6-4-8;1-7(2)8-4-3-5-9-6-8;1-7(2)8-3-5-9-6-4-8;2*1-7(2)8-5-3-4-6-8;;;;/h2*8-9H,4-7H2,1-3H3;8-9H,3-7H2,1-2H3;7-8H,4-6H2,1-3H3;2*7-9H,3-6H2,1-2H3;7-8H,3-6H2,1-2H3;2*7-8H,3-6H2,1-2H3;4*1H4. The number of piperidine rings is 4. The van der Waals surface area contributed by atoms with E-state index in [9.17, 15) is 0 Å². The Morgan fingerprint density at radius 1 is 0.259 bits per heavy atom. The summed E-state index contributed by atoms with van der Waals surface area (Å²) in [6.45, 7) is 56.8. The Kier molecular flexibility index (Phi) is 59.4. The predicted octanol–water partition coefficient (Wildman–Crippen LogP) is 22.3.